The molecule has 142 valence electrons. The van der Waals surface area contributed by atoms with Gasteiger partial charge in [0.05, 0.1) is 0 Å². The van der Waals surface area contributed by atoms with Crippen LogP contribution in [0.5, 0.6) is 0 Å². The molecule has 3 heteroatoms. The summed E-state index contributed by atoms with van der Waals surface area (Å²) in [5.74, 6) is 0.433. The molecule has 3 saturated carbocycles. The first-order valence-corrected chi connectivity index (χ1v) is 10.4. The molecule has 26 heavy (non-hydrogen) atoms. The number of carbonyl (C=O) groups is 2. The summed E-state index contributed by atoms with van der Waals surface area (Å²) in [5, 5.41) is 9.72. The van der Waals surface area contributed by atoms with Gasteiger partial charge in [-0.3, -0.25) is 9.59 Å². The SMILES string of the molecule is C=C1C[C@H](C(C(C)=O)C(=O)O)[C@@]2(C)CCC3C4CCCC=C4CCC3[C@H]12. The predicted octanol–water partition coefficient (Wildman–Crippen LogP) is 5.02. The van der Waals surface area contributed by atoms with Gasteiger partial charge < -0.3 is 5.11 Å². The van der Waals surface area contributed by atoms with Gasteiger partial charge in [-0.05, 0) is 93.3 Å². The van der Waals surface area contributed by atoms with Gasteiger partial charge in [-0.25, -0.2) is 0 Å². The van der Waals surface area contributed by atoms with Crippen LogP contribution in [-0.2, 0) is 9.59 Å². The smallest absolute Gasteiger partial charge is 0.314 e. The molecule has 4 unspecified atom stereocenters. The van der Waals surface area contributed by atoms with E-state index < -0.39 is 11.9 Å². The number of hydrogen-bond acceptors (Lipinski definition) is 2. The van der Waals surface area contributed by atoms with Crippen LogP contribution in [0.25, 0.3) is 0 Å². The van der Waals surface area contributed by atoms with Crippen LogP contribution in [0.15, 0.2) is 23.8 Å². The molecular weight excluding hydrogens is 324 g/mol. The normalized spacial score (nSPS) is 42.9. The van der Waals surface area contributed by atoms with Crippen molar-refractivity contribution < 1.29 is 14.7 Å². The fraction of sp³-hybridized carbons (Fsp3) is 0.739. The summed E-state index contributed by atoms with van der Waals surface area (Å²) in [6, 6.07) is 0. The lowest BCUT2D eigenvalue weighted by molar-refractivity contribution is -0.151. The molecule has 3 nitrogen and oxygen atoms in total. The summed E-state index contributed by atoms with van der Waals surface area (Å²) in [5.41, 5.74) is 2.85. The Morgan fingerprint density at radius 2 is 2.04 bits per heavy atom. The average molecular weight is 357 g/mol. The summed E-state index contributed by atoms with van der Waals surface area (Å²) < 4.78 is 0. The van der Waals surface area contributed by atoms with Crippen molar-refractivity contribution in [2.45, 2.75) is 65.2 Å². The number of hydrogen-bond donors (Lipinski definition) is 1. The number of allylic oxidation sites excluding steroid dienone is 3. The maximum absolute atomic E-state index is 12.1. The standard InChI is InChI=1S/C23H32O3/c1-13-12-19(20(14(2)24)22(25)26)23(3)11-10-17-16-7-5-4-6-15(16)8-9-18(17)21(13)23/h6,16-21H,1,4-5,7-12H2,2-3H3,(H,25,26)/t16?,17?,18?,19-,20?,21+,23-/m1/s1. The molecule has 4 rings (SSSR count). The molecule has 3 fully saturated rings. The Morgan fingerprint density at radius 3 is 2.73 bits per heavy atom. The van der Waals surface area contributed by atoms with E-state index in [1.165, 1.54) is 51.0 Å². The van der Waals surface area contributed by atoms with Crippen molar-refractivity contribution in [1.29, 1.82) is 0 Å². The van der Waals surface area contributed by atoms with Gasteiger partial charge in [0.2, 0.25) is 0 Å². The zero-order chi connectivity index (χ0) is 18.6. The Hall–Kier alpha value is -1.38. The molecule has 0 bridgehead atoms. The van der Waals surface area contributed by atoms with Crippen LogP contribution >= 0.6 is 0 Å². The third-order valence-corrected chi connectivity index (χ3v) is 8.47. The van der Waals surface area contributed by atoms with Gasteiger partial charge >= 0.3 is 5.97 Å². The first-order valence-electron chi connectivity index (χ1n) is 10.4. The van der Waals surface area contributed by atoms with E-state index in [1.54, 1.807) is 5.57 Å². The van der Waals surface area contributed by atoms with E-state index in [0.717, 1.165) is 18.3 Å². The van der Waals surface area contributed by atoms with Crippen LogP contribution in [0.4, 0.5) is 0 Å². The third-order valence-electron chi connectivity index (χ3n) is 8.47. The lowest BCUT2D eigenvalue weighted by Gasteiger charge is -2.54. The third kappa shape index (κ3) is 2.53. The van der Waals surface area contributed by atoms with Gasteiger partial charge in [-0.15, -0.1) is 0 Å². The quantitative estimate of drug-likeness (QED) is 0.570. The van der Waals surface area contributed by atoms with Crippen molar-refractivity contribution in [3.8, 4) is 0 Å². The Morgan fingerprint density at radius 1 is 1.27 bits per heavy atom. The molecule has 0 saturated heterocycles. The highest BCUT2D eigenvalue weighted by Crippen LogP contribution is 2.66. The Bertz CT molecular complexity index is 661. The molecule has 0 aromatic carbocycles. The number of carboxylic acids is 1. The van der Waals surface area contributed by atoms with Crippen LogP contribution in [0.2, 0.25) is 0 Å². The molecule has 1 N–H and O–H groups in total. The molecule has 0 heterocycles. The summed E-state index contributed by atoms with van der Waals surface area (Å²) in [6.07, 6.45) is 11.8. The predicted molar refractivity (Wildman–Crippen MR) is 102 cm³/mol. The zero-order valence-electron chi connectivity index (χ0n) is 16.2. The Kier molecular flexibility index (Phi) is 4.40. The van der Waals surface area contributed by atoms with E-state index >= 15 is 0 Å². The van der Waals surface area contributed by atoms with Crippen molar-refractivity contribution in [3.63, 3.8) is 0 Å². The first-order chi connectivity index (χ1) is 12.3. The molecular formula is C23H32O3. The summed E-state index contributed by atoms with van der Waals surface area (Å²) >= 11 is 0. The number of ketones is 1. The molecule has 4 aliphatic carbocycles. The van der Waals surface area contributed by atoms with Crippen LogP contribution in [0, 0.1) is 40.9 Å². The molecule has 0 amide bonds. The Labute approximate surface area is 156 Å². The topological polar surface area (TPSA) is 54.4 Å². The van der Waals surface area contributed by atoms with E-state index in [1.807, 2.05) is 0 Å². The fourth-order valence-electron chi connectivity index (χ4n) is 7.49. The van der Waals surface area contributed by atoms with Gasteiger partial charge in [0.25, 0.3) is 0 Å². The number of rotatable bonds is 3. The van der Waals surface area contributed by atoms with Gasteiger partial charge in [0.15, 0.2) is 0 Å². The maximum Gasteiger partial charge on any atom is 0.314 e. The zero-order valence-corrected chi connectivity index (χ0v) is 16.2. The molecule has 0 spiro atoms. The summed E-state index contributed by atoms with van der Waals surface area (Å²) in [4.78, 5) is 24.0. The lowest BCUT2D eigenvalue weighted by atomic mass is 9.50. The lowest BCUT2D eigenvalue weighted by Crippen LogP contribution is -2.48. The van der Waals surface area contributed by atoms with Crippen molar-refractivity contribution in [2.75, 3.05) is 0 Å². The Balaban J connectivity index is 1.67. The van der Waals surface area contributed by atoms with E-state index in [-0.39, 0.29) is 17.1 Å². The molecule has 0 aromatic rings. The summed E-state index contributed by atoms with van der Waals surface area (Å²) in [7, 11) is 0. The second-order valence-electron chi connectivity index (χ2n) is 9.60. The summed E-state index contributed by atoms with van der Waals surface area (Å²) in [6.45, 7) is 8.12. The average Bonchev–Trinajstić information content (AvgIpc) is 2.85. The minimum absolute atomic E-state index is 0.0805. The van der Waals surface area contributed by atoms with E-state index in [9.17, 15) is 14.7 Å². The number of carbonyl (C=O) groups excluding carboxylic acids is 1. The van der Waals surface area contributed by atoms with Crippen molar-refractivity contribution in [3.05, 3.63) is 23.8 Å². The molecule has 0 radical (unpaired) electrons. The minimum atomic E-state index is -0.944. The second-order valence-corrected chi connectivity index (χ2v) is 9.60. The van der Waals surface area contributed by atoms with E-state index in [0.29, 0.717) is 18.3 Å². The van der Waals surface area contributed by atoms with Crippen LogP contribution in [-0.4, -0.2) is 16.9 Å². The second kappa shape index (κ2) is 6.35. The highest BCUT2D eigenvalue weighted by atomic mass is 16.4. The van der Waals surface area contributed by atoms with E-state index in [2.05, 4.69) is 19.6 Å². The van der Waals surface area contributed by atoms with Crippen LogP contribution in [0.1, 0.15) is 65.2 Å². The van der Waals surface area contributed by atoms with Crippen LogP contribution in [0.3, 0.4) is 0 Å². The number of aliphatic carboxylic acids is 1. The van der Waals surface area contributed by atoms with Gasteiger partial charge in [0.1, 0.15) is 11.7 Å². The largest absolute Gasteiger partial charge is 0.481 e. The molecule has 0 aliphatic heterocycles. The van der Waals surface area contributed by atoms with E-state index in [4.69, 9.17) is 0 Å². The minimum Gasteiger partial charge on any atom is -0.481 e. The number of carboxylic acid groups (broad SMARTS) is 1. The monoisotopic (exact) mass is 356 g/mol. The highest BCUT2D eigenvalue weighted by Gasteiger charge is 2.60. The number of Topliss-reactive ketones (excluding diaryl/α,β-unsaturated/α-hetero) is 1. The van der Waals surface area contributed by atoms with Crippen molar-refractivity contribution >= 4 is 11.8 Å². The molecule has 4 aliphatic rings. The van der Waals surface area contributed by atoms with Gasteiger partial charge in [0, 0.05) is 0 Å². The van der Waals surface area contributed by atoms with Gasteiger partial charge in [-0.2, -0.15) is 0 Å². The van der Waals surface area contributed by atoms with Crippen LogP contribution < -0.4 is 0 Å². The highest BCUT2D eigenvalue weighted by molar-refractivity contribution is 5.97. The fourth-order valence-corrected chi connectivity index (χ4v) is 7.49. The van der Waals surface area contributed by atoms with Crippen molar-refractivity contribution in [1.82, 2.24) is 0 Å². The molecule has 0 aromatic heterocycles. The van der Waals surface area contributed by atoms with Gasteiger partial charge in [-0.1, -0.05) is 30.7 Å². The first kappa shape index (κ1) is 18.0. The maximum atomic E-state index is 12.1. The molecule has 7 atom stereocenters. The number of fused-ring (bicyclic) bond motifs is 5. The van der Waals surface area contributed by atoms with Crippen molar-refractivity contribution in [2.24, 2.45) is 40.9 Å².